The molecule has 1 saturated heterocycles. The van der Waals surface area contributed by atoms with Crippen LogP contribution in [0.25, 0.3) is 5.69 Å². The molecule has 7 nitrogen and oxygen atoms in total. The van der Waals surface area contributed by atoms with Crippen LogP contribution in [0.2, 0.25) is 5.02 Å². The van der Waals surface area contributed by atoms with E-state index in [4.69, 9.17) is 16.3 Å². The third-order valence-corrected chi connectivity index (χ3v) is 5.29. The lowest BCUT2D eigenvalue weighted by atomic mass is 10.2. The fourth-order valence-electron chi connectivity index (χ4n) is 3.49. The Morgan fingerprint density at radius 2 is 2.00 bits per heavy atom. The molecular weight excluding hydrogens is 407 g/mol. The Kier molecular flexibility index (Phi) is 5.96. The summed E-state index contributed by atoms with van der Waals surface area (Å²) >= 11 is 6.36. The molecule has 3 heterocycles. The largest absolute Gasteiger partial charge is 0.378 e. The van der Waals surface area contributed by atoms with E-state index in [1.54, 1.807) is 6.21 Å². The SMILES string of the molecule is Cc1cc(/C=N/Nc2ncc(F)c(N3CCOCC3)n2)c(C)n1-c1ccccc1Cl. The number of benzene rings is 1. The van der Waals surface area contributed by atoms with Crippen LogP contribution in [-0.4, -0.2) is 47.1 Å². The molecule has 0 amide bonds. The summed E-state index contributed by atoms with van der Waals surface area (Å²) in [4.78, 5) is 10.1. The standard InChI is InChI=1S/C21H22ClFN6O/c1-14-11-16(15(2)29(14)19-6-4-3-5-17(19)22)12-25-27-21-24-13-18(23)20(26-21)28-7-9-30-10-8-28/h3-6,11-13H,7-10H2,1-2H3,(H,24,26,27)/b25-12+. The first-order chi connectivity index (χ1) is 14.5. The minimum atomic E-state index is -0.463. The van der Waals surface area contributed by atoms with Crippen molar-refractivity contribution in [2.75, 3.05) is 36.6 Å². The fraction of sp³-hybridized carbons (Fsp3) is 0.286. The molecule has 1 aliphatic heterocycles. The van der Waals surface area contributed by atoms with Crippen molar-refractivity contribution in [2.24, 2.45) is 5.10 Å². The quantitative estimate of drug-likeness (QED) is 0.492. The van der Waals surface area contributed by atoms with Crippen molar-refractivity contribution in [3.8, 4) is 5.69 Å². The van der Waals surface area contributed by atoms with Gasteiger partial charge in [0.2, 0.25) is 5.95 Å². The van der Waals surface area contributed by atoms with E-state index < -0.39 is 5.82 Å². The number of morpholine rings is 1. The molecule has 2 aromatic heterocycles. The van der Waals surface area contributed by atoms with Crippen LogP contribution in [0.3, 0.4) is 0 Å². The van der Waals surface area contributed by atoms with Crippen molar-refractivity contribution >= 4 is 29.6 Å². The fourth-order valence-corrected chi connectivity index (χ4v) is 3.71. The molecule has 0 saturated carbocycles. The van der Waals surface area contributed by atoms with E-state index in [2.05, 4.69) is 25.1 Å². The highest BCUT2D eigenvalue weighted by atomic mass is 35.5. The molecule has 0 spiro atoms. The molecule has 1 N–H and O–H groups in total. The summed E-state index contributed by atoms with van der Waals surface area (Å²) in [5.41, 5.74) is 6.67. The Bertz CT molecular complexity index is 1080. The molecule has 3 aromatic rings. The molecule has 4 rings (SSSR count). The molecular formula is C21H22ClFN6O. The summed E-state index contributed by atoms with van der Waals surface area (Å²) in [6.45, 7) is 6.29. The van der Waals surface area contributed by atoms with Crippen molar-refractivity contribution < 1.29 is 9.13 Å². The van der Waals surface area contributed by atoms with Gasteiger partial charge in [0.15, 0.2) is 11.6 Å². The van der Waals surface area contributed by atoms with Crippen molar-refractivity contribution in [2.45, 2.75) is 13.8 Å². The van der Waals surface area contributed by atoms with E-state index >= 15 is 0 Å². The summed E-state index contributed by atoms with van der Waals surface area (Å²) in [6, 6.07) is 9.71. The van der Waals surface area contributed by atoms with Gasteiger partial charge in [-0.25, -0.2) is 14.8 Å². The van der Waals surface area contributed by atoms with Gasteiger partial charge in [-0.3, -0.25) is 0 Å². The zero-order chi connectivity index (χ0) is 21.1. The van der Waals surface area contributed by atoms with Crippen LogP contribution in [0.5, 0.6) is 0 Å². The van der Waals surface area contributed by atoms with Crippen molar-refractivity contribution in [3.63, 3.8) is 0 Å². The highest BCUT2D eigenvalue weighted by molar-refractivity contribution is 6.32. The molecule has 30 heavy (non-hydrogen) atoms. The molecule has 9 heteroatoms. The second-order valence-electron chi connectivity index (χ2n) is 6.95. The number of para-hydroxylation sites is 1. The van der Waals surface area contributed by atoms with Crippen LogP contribution in [0, 0.1) is 19.7 Å². The van der Waals surface area contributed by atoms with Gasteiger partial charge >= 0.3 is 0 Å². The number of aryl methyl sites for hydroxylation is 1. The number of halogens is 2. The lowest BCUT2D eigenvalue weighted by molar-refractivity contribution is 0.122. The molecule has 156 valence electrons. The number of hydrogen-bond donors (Lipinski definition) is 1. The number of ether oxygens (including phenoxy) is 1. The second-order valence-corrected chi connectivity index (χ2v) is 7.36. The van der Waals surface area contributed by atoms with Gasteiger partial charge < -0.3 is 14.2 Å². The van der Waals surface area contributed by atoms with Crippen LogP contribution >= 0.6 is 11.6 Å². The first kappa shape index (κ1) is 20.3. The average Bonchev–Trinajstić information content (AvgIpc) is 3.03. The summed E-state index contributed by atoms with van der Waals surface area (Å²) in [7, 11) is 0. The maximum absolute atomic E-state index is 14.1. The predicted molar refractivity (Wildman–Crippen MR) is 116 cm³/mol. The predicted octanol–water partition coefficient (Wildman–Crippen LogP) is 3.96. The number of hydrazone groups is 1. The van der Waals surface area contributed by atoms with Crippen LogP contribution in [0.15, 0.2) is 41.6 Å². The smallest absolute Gasteiger partial charge is 0.245 e. The maximum atomic E-state index is 14.1. The third-order valence-electron chi connectivity index (χ3n) is 4.97. The Morgan fingerprint density at radius 3 is 2.77 bits per heavy atom. The molecule has 0 aliphatic carbocycles. The van der Waals surface area contributed by atoms with Crippen molar-refractivity contribution in [1.29, 1.82) is 0 Å². The van der Waals surface area contributed by atoms with Gasteiger partial charge in [0, 0.05) is 30.0 Å². The number of anilines is 2. The Balaban J connectivity index is 1.53. The van der Waals surface area contributed by atoms with Gasteiger partial charge in [-0.2, -0.15) is 10.1 Å². The van der Waals surface area contributed by atoms with Gasteiger partial charge in [0.25, 0.3) is 0 Å². The monoisotopic (exact) mass is 428 g/mol. The van der Waals surface area contributed by atoms with E-state index in [1.165, 1.54) is 0 Å². The molecule has 0 atom stereocenters. The zero-order valence-corrected chi connectivity index (χ0v) is 17.5. The average molecular weight is 429 g/mol. The maximum Gasteiger partial charge on any atom is 0.245 e. The number of rotatable bonds is 5. The van der Waals surface area contributed by atoms with E-state index in [0.29, 0.717) is 31.3 Å². The van der Waals surface area contributed by atoms with Crippen molar-refractivity contribution in [1.82, 2.24) is 14.5 Å². The second kappa shape index (κ2) is 8.81. The Labute approximate surface area is 179 Å². The van der Waals surface area contributed by atoms with E-state index in [9.17, 15) is 4.39 Å². The van der Waals surface area contributed by atoms with E-state index in [-0.39, 0.29) is 11.8 Å². The molecule has 0 bridgehead atoms. The lowest BCUT2D eigenvalue weighted by Crippen LogP contribution is -2.37. The van der Waals surface area contributed by atoms with Crippen LogP contribution in [-0.2, 0) is 4.74 Å². The van der Waals surface area contributed by atoms with Crippen LogP contribution in [0.4, 0.5) is 16.2 Å². The minimum absolute atomic E-state index is 0.231. The number of hydrogen-bond acceptors (Lipinski definition) is 6. The first-order valence-corrected chi connectivity index (χ1v) is 10.0. The number of nitrogens with one attached hydrogen (secondary N) is 1. The normalized spacial score (nSPS) is 14.5. The third kappa shape index (κ3) is 4.15. The Hall–Kier alpha value is -2.97. The highest BCUT2D eigenvalue weighted by Crippen LogP contribution is 2.25. The van der Waals surface area contributed by atoms with Gasteiger partial charge in [-0.15, -0.1) is 0 Å². The van der Waals surface area contributed by atoms with Gasteiger partial charge in [0.1, 0.15) is 0 Å². The van der Waals surface area contributed by atoms with Crippen LogP contribution in [0.1, 0.15) is 17.0 Å². The Morgan fingerprint density at radius 1 is 1.23 bits per heavy atom. The lowest BCUT2D eigenvalue weighted by Gasteiger charge is -2.27. The van der Waals surface area contributed by atoms with Gasteiger partial charge in [-0.1, -0.05) is 23.7 Å². The summed E-state index contributed by atoms with van der Waals surface area (Å²) < 4.78 is 21.5. The van der Waals surface area contributed by atoms with E-state index in [1.807, 2.05) is 49.1 Å². The molecule has 0 unspecified atom stereocenters. The molecule has 1 aromatic carbocycles. The van der Waals surface area contributed by atoms with Crippen LogP contribution < -0.4 is 10.3 Å². The van der Waals surface area contributed by atoms with Gasteiger partial charge in [-0.05, 0) is 32.0 Å². The number of nitrogens with zero attached hydrogens (tertiary/aromatic N) is 5. The first-order valence-electron chi connectivity index (χ1n) is 9.63. The summed E-state index contributed by atoms with van der Waals surface area (Å²) in [6.07, 6.45) is 2.84. The number of aromatic nitrogens is 3. The highest BCUT2D eigenvalue weighted by Gasteiger charge is 2.18. The molecule has 1 aliphatic rings. The van der Waals surface area contributed by atoms with Gasteiger partial charge in [0.05, 0.1) is 36.3 Å². The topological polar surface area (TPSA) is 67.6 Å². The van der Waals surface area contributed by atoms with E-state index in [0.717, 1.165) is 28.8 Å². The minimum Gasteiger partial charge on any atom is -0.378 e. The zero-order valence-electron chi connectivity index (χ0n) is 16.8. The summed E-state index contributed by atoms with van der Waals surface area (Å²) in [5, 5.41) is 4.92. The molecule has 1 fully saturated rings. The van der Waals surface area contributed by atoms with Crippen molar-refractivity contribution in [3.05, 3.63) is 64.3 Å². The molecule has 0 radical (unpaired) electrons. The summed E-state index contributed by atoms with van der Waals surface area (Å²) in [5.74, 6) is 0.0201.